The van der Waals surface area contributed by atoms with Crippen molar-refractivity contribution in [1.82, 2.24) is 0 Å². The van der Waals surface area contributed by atoms with Crippen molar-refractivity contribution in [3.63, 3.8) is 0 Å². The Labute approximate surface area is 107 Å². The standard InChI is InChI=1S/C11H12N2O6/c1-19-11(16)8(12)4-6-2-3-7(10(14)15)5-9(6)13(17)18/h2-3,5,8H,4,12H2,1H3,(H,14,15)/t8-/m1/s1. The van der Waals surface area contributed by atoms with Gasteiger partial charge in [-0.3, -0.25) is 14.9 Å². The van der Waals surface area contributed by atoms with Crippen LogP contribution < -0.4 is 5.73 Å². The first-order valence-electron chi connectivity index (χ1n) is 5.20. The summed E-state index contributed by atoms with van der Waals surface area (Å²) in [5.74, 6) is -1.97. The first-order chi connectivity index (χ1) is 8.86. The Kier molecular flexibility index (Phi) is 4.54. The van der Waals surface area contributed by atoms with Crippen LogP contribution in [-0.4, -0.2) is 35.1 Å². The number of nitrogens with two attached hydrogens (primary N) is 1. The lowest BCUT2D eigenvalue weighted by Crippen LogP contribution is -2.33. The largest absolute Gasteiger partial charge is 0.478 e. The van der Waals surface area contributed by atoms with Gasteiger partial charge in [-0.15, -0.1) is 0 Å². The molecule has 0 aliphatic heterocycles. The molecule has 0 saturated carbocycles. The van der Waals surface area contributed by atoms with Crippen LogP contribution in [0.3, 0.4) is 0 Å². The first kappa shape index (κ1) is 14.6. The third-order valence-electron chi connectivity index (χ3n) is 2.47. The highest BCUT2D eigenvalue weighted by Crippen LogP contribution is 2.21. The number of hydrogen-bond donors (Lipinski definition) is 2. The summed E-state index contributed by atoms with van der Waals surface area (Å²) in [6.07, 6.45) is -0.108. The molecule has 3 N–H and O–H groups in total. The number of benzene rings is 1. The molecule has 8 nitrogen and oxygen atoms in total. The summed E-state index contributed by atoms with van der Waals surface area (Å²) in [5.41, 5.74) is 5.09. The van der Waals surface area contributed by atoms with E-state index in [9.17, 15) is 19.7 Å². The molecule has 0 bridgehead atoms. The minimum absolute atomic E-state index is 0.108. The van der Waals surface area contributed by atoms with Gasteiger partial charge in [0.1, 0.15) is 6.04 Å². The van der Waals surface area contributed by atoms with Crippen LogP contribution in [-0.2, 0) is 16.0 Å². The van der Waals surface area contributed by atoms with E-state index in [0.717, 1.165) is 13.2 Å². The molecule has 1 atom stereocenters. The lowest BCUT2D eigenvalue weighted by atomic mass is 10.0. The lowest BCUT2D eigenvalue weighted by molar-refractivity contribution is -0.385. The van der Waals surface area contributed by atoms with Crippen LogP contribution in [0.4, 0.5) is 5.69 Å². The average Bonchev–Trinajstić information content (AvgIpc) is 2.37. The van der Waals surface area contributed by atoms with Crippen molar-refractivity contribution in [2.75, 3.05) is 7.11 Å². The second-order valence-corrected chi connectivity index (χ2v) is 3.74. The lowest BCUT2D eigenvalue weighted by Gasteiger charge is -2.09. The number of methoxy groups -OCH3 is 1. The molecule has 0 amide bonds. The summed E-state index contributed by atoms with van der Waals surface area (Å²) >= 11 is 0. The molecule has 8 heteroatoms. The van der Waals surface area contributed by atoms with Gasteiger partial charge >= 0.3 is 11.9 Å². The molecular weight excluding hydrogens is 256 g/mol. The number of rotatable bonds is 5. The van der Waals surface area contributed by atoms with Crippen LogP contribution in [0.1, 0.15) is 15.9 Å². The van der Waals surface area contributed by atoms with Crippen molar-refractivity contribution in [3.8, 4) is 0 Å². The molecular formula is C11H12N2O6. The fourth-order valence-electron chi connectivity index (χ4n) is 1.51. The van der Waals surface area contributed by atoms with Crippen molar-refractivity contribution in [2.24, 2.45) is 5.73 Å². The molecule has 0 saturated heterocycles. The van der Waals surface area contributed by atoms with E-state index in [1.54, 1.807) is 0 Å². The van der Waals surface area contributed by atoms with Gasteiger partial charge in [0.2, 0.25) is 0 Å². The molecule has 0 fully saturated rings. The van der Waals surface area contributed by atoms with Crippen molar-refractivity contribution in [2.45, 2.75) is 12.5 Å². The predicted molar refractivity (Wildman–Crippen MR) is 63.8 cm³/mol. The van der Waals surface area contributed by atoms with Crippen LogP contribution in [0, 0.1) is 10.1 Å². The molecule has 0 heterocycles. The van der Waals surface area contributed by atoms with Crippen molar-refractivity contribution in [3.05, 3.63) is 39.4 Å². The summed E-state index contributed by atoms with van der Waals surface area (Å²) in [7, 11) is 1.16. The number of nitrogens with zero attached hydrogens (tertiary/aromatic N) is 1. The van der Waals surface area contributed by atoms with Gasteiger partial charge in [-0.25, -0.2) is 4.79 Å². The molecule has 1 rings (SSSR count). The van der Waals surface area contributed by atoms with Gasteiger partial charge in [0.05, 0.1) is 17.6 Å². The van der Waals surface area contributed by atoms with Gasteiger partial charge in [0.25, 0.3) is 5.69 Å². The Hall–Kier alpha value is -2.48. The molecule has 1 aromatic carbocycles. The van der Waals surface area contributed by atoms with E-state index in [4.69, 9.17) is 10.8 Å². The van der Waals surface area contributed by atoms with Gasteiger partial charge < -0.3 is 15.6 Å². The number of carboxylic acid groups (broad SMARTS) is 1. The summed E-state index contributed by atoms with van der Waals surface area (Å²) in [6.45, 7) is 0. The van der Waals surface area contributed by atoms with E-state index in [1.165, 1.54) is 12.1 Å². The number of carboxylic acids is 1. The van der Waals surface area contributed by atoms with E-state index < -0.39 is 22.9 Å². The fraction of sp³-hybridized carbons (Fsp3) is 0.273. The van der Waals surface area contributed by atoms with Crippen LogP contribution in [0.5, 0.6) is 0 Å². The average molecular weight is 268 g/mol. The zero-order valence-corrected chi connectivity index (χ0v) is 10.0. The number of ether oxygens (including phenoxy) is 1. The third-order valence-corrected chi connectivity index (χ3v) is 2.47. The van der Waals surface area contributed by atoms with Crippen molar-refractivity contribution in [1.29, 1.82) is 0 Å². The Morgan fingerprint density at radius 2 is 2.16 bits per heavy atom. The smallest absolute Gasteiger partial charge is 0.335 e. The van der Waals surface area contributed by atoms with Crippen molar-refractivity contribution < 1.29 is 24.4 Å². The van der Waals surface area contributed by atoms with Crippen LogP contribution >= 0.6 is 0 Å². The fourth-order valence-corrected chi connectivity index (χ4v) is 1.51. The predicted octanol–water partition coefficient (Wildman–Crippen LogP) is 0.336. The number of carbonyl (C=O) groups excluding carboxylic acids is 1. The highest BCUT2D eigenvalue weighted by atomic mass is 16.6. The minimum Gasteiger partial charge on any atom is -0.478 e. The Morgan fingerprint density at radius 1 is 1.53 bits per heavy atom. The van der Waals surface area contributed by atoms with E-state index >= 15 is 0 Å². The minimum atomic E-state index is -1.27. The molecule has 0 aliphatic rings. The van der Waals surface area contributed by atoms with E-state index in [-0.39, 0.29) is 23.2 Å². The van der Waals surface area contributed by atoms with Gasteiger partial charge in [0, 0.05) is 18.1 Å². The number of carbonyl (C=O) groups is 2. The van der Waals surface area contributed by atoms with Gasteiger partial charge in [0.15, 0.2) is 0 Å². The molecule has 1 aromatic rings. The second kappa shape index (κ2) is 5.91. The first-order valence-corrected chi connectivity index (χ1v) is 5.20. The quantitative estimate of drug-likeness (QED) is 0.446. The molecule has 0 spiro atoms. The normalized spacial score (nSPS) is 11.7. The Morgan fingerprint density at radius 3 is 2.63 bits per heavy atom. The van der Waals surface area contributed by atoms with E-state index in [0.29, 0.717) is 0 Å². The number of hydrogen-bond acceptors (Lipinski definition) is 6. The van der Waals surface area contributed by atoms with Crippen LogP contribution in [0.25, 0.3) is 0 Å². The topological polar surface area (TPSA) is 133 Å². The van der Waals surface area contributed by atoms with Gasteiger partial charge in [-0.1, -0.05) is 6.07 Å². The summed E-state index contributed by atoms with van der Waals surface area (Å²) < 4.78 is 4.42. The van der Waals surface area contributed by atoms with E-state index in [1.807, 2.05) is 0 Å². The maximum atomic E-state index is 11.2. The zero-order valence-electron chi connectivity index (χ0n) is 10.0. The third kappa shape index (κ3) is 3.49. The van der Waals surface area contributed by atoms with Gasteiger partial charge in [-0.05, 0) is 6.07 Å². The summed E-state index contributed by atoms with van der Waals surface area (Å²) in [6, 6.07) is 2.38. The Bertz CT molecular complexity index is 528. The van der Waals surface area contributed by atoms with Crippen LogP contribution in [0.15, 0.2) is 18.2 Å². The Balaban J connectivity index is 3.10. The van der Waals surface area contributed by atoms with Crippen LogP contribution in [0.2, 0.25) is 0 Å². The maximum Gasteiger partial charge on any atom is 0.335 e. The number of esters is 1. The molecule has 0 radical (unpaired) electrons. The van der Waals surface area contributed by atoms with Gasteiger partial charge in [-0.2, -0.15) is 0 Å². The van der Waals surface area contributed by atoms with E-state index in [2.05, 4.69) is 4.74 Å². The molecule has 0 aliphatic carbocycles. The monoisotopic (exact) mass is 268 g/mol. The highest BCUT2D eigenvalue weighted by Gasteiger charge is 2.22. The SMILES string of the molecule is COC(=O)[C@H](N)Cc1ccc(C(=O)O)cc1[N+](=O)[O-]. The summed E-state index contributed by atoms with van der Waals surface area (Å²) in [4.78, 5) is 32.1. The molecule has 19 heavy (non-hydrogen) atoms. The molecule has 102 valence electrons. The van der Waals surface area contributed by atoms with Crippen molar-refractivity contribution >= 4 is 17.6 Å². The maximum absolute atomic E-state index is 11.2. The number of nitro benzene ring substituents is 1. The molecule has 0 unspecified atom stereocenters. The highest BCUT2D eigenvalue weighted by molar-refractivity contribution is 5.88. The zero-order chi connectivity index (χ0) is 14.6. The second-order valence-electron chi connectivity index (χ2n) is 3.74. The number of aromatic carboxylic acids is 1. The molecule has 0 aromatic heterocycles. The summed E-state index contributed by atoms with van der Waals surface area (Å²) in [5, 5.41) is 19.6. The number of nitro groups is 1.